The van der Waals surface area contributed by atoms with Gasteiger partial charge in [0.15, 0.2) is 0 Å². The Morgan fingerprint density at radius 1 is 1.57 bits per heavy atom. The molecular weight excluding hydrogens is 184 g/mol. The van der Waals surface area contributed by atoms with Gasteiger partial charge in [0.1, 0.15) is 5.78 Å². The maximum absolute atomic E-state index is 11.1. The highest BCUT2D eigenvalue weighted by Gasteiger charge is 2.19. The van der Waals surface area contributed by atoms with Crippen molar-refractivity contribution in [1.82, 2.24) is 0 Å². The van der Waals surface area contributed by atoms with Gasteiger partial charge in [-0.05, 0) is 25.2 Å². The van der Waals surface area contributed by atoms with Crippen molar-refractivity contribution in [1.29, 1.82) is 0 Å². The minimum Gasteiger partial charge on any atom is -0.438 e. The van der Waals surface area contributed by atoms with Crippen LogP contribution in [-0.4, -0.2) is 25.7 Å². The molecule has 1 fully saturated rings. The zero-order chi connectivity index (χ0) is 10.4. The molecule has 4 nitrogen and oxygen atoms in total. The fraction of sp³-hybridized carbons (Fsp3) is 0.800. The van der Waals surface area contributed by atoms with E-state index in [9.17, 15) is 9.59 Å². The molecule has 0 bridgehead atoms. The third-order valence-electron chi connectivity index (χ3n) is 2.50. The standard InChI is InChI=1S/C10H16O4/c1-13-10(12)14-6-5-8-3-2-4-9(11)7-8/h8H,2-7H2,1H3. The zero-order valence-corrected chi connectivity index (χ0v) is 8.45. The molecule has 1 unspecified atom stereocenters. The van der Waals surface area contributed by atoms with Crippen LogP contribution in [0.15, 0.2) is 0 Å². The number of carbonyl (C=O) groups excluding carboxylic acids is 2. The van der Waals surface area contributed by atoms with Crippen molar-refractivity contribution in [2.24, 2.45) is 5.92 Å². The summed E-state index contributed by atoms with van der Waals surface area (Å²) in [6, 6.07) is 0. The molecule has 1 aliphatic rings. The van der Waals surface area contributed by atoms with Gasteiger partial charge in [0, 0.05) is 12.8 Å². The van der Waals surface area contributed by atoms with Crippen LogP contribution in [0.3, 0.4) is 0 Å². The molecule has 14 heavy (non-hydrogen) atoms. The molecule has 0 aromatic carbocycles. The van der Waals surface area contributed by atoms with E-state index in [1.165, 1.54) is 7.11 Å². The van der Waals surface area contributed by atoms with Gasteiger partial charge >= 0.3 is 6.16 Å². The van der Waals surface area contributed by atoms with Crippen LogP contribution in [0, 0.1) is 5.92 Å². The molecule has 1 aliphatic carbocycles. The fourth-order valence-corrected chi connectivity index (χ4v) is 1.73. The van der Waals surface area contributed by atoms with E-state index in [1.54, 1.807) is 0 Å². The number of hydrogen-bond acceptors (Lipinski definition) is 4. The monoisotopic (exact) mass is 200 g/mol. The molecular formula is C10H16O4. The first kappa shape index (κ1) is 11.0. The molecule has 0 aromatic rings. The highest BCUT2D eigenvalue weighted by Crippen LogP contribution is 2.23. The Labute approximate surface area is 83.6 Å². The van der Waals surface area contributed by atoms with Crippen molar-refractivity contribution in [3.63, 3.8) is 0 Å². The minimum absolute atomic E-state index is 0.333. The molecule has 0 N–H and O–H groups in total. The van der Waals surface area contributed by atoms with E-state index in [-0.39, 0.29) is 0 Å². The van der Waals surface area contributed by atoms with Gasteiger partial charge in [-0.1, -0.05) is 0 Å². The Balaban J connectivity index is 2.11. The molecule has 0 amide bonds. The molecule has 0 spiro atoms. The smallest absolute Gasteiger partial charge is 0.438 e. The van der Waals surface area contributed by atoms with Gasteiger partial charge in [-0.2, -0.15) is 0 Å². The number of hydrogen-bond donors (Lipinski definition) is 0. The highest BCUT2D eigenvalue weighted by atomic mass is 16.7. The average molecular weight is 200 g/mol. The van der Waals surface area contributed by atoms with E-state index in [1.807, 2.05) is 0 Å². The number of rotatable bonds is 3. The maximum atomic E-state index is 11.1. The van der Waals surface area contributed by atoms with Crippen LogP contribution in [0.1, 0.15) is 32.1 Å². The lowest BCUT2D eigenvalue weighted by molar-refractivity contribution is -0.121. The lowest BCUT2D eigenvalue weighted by Gasteiger charge is -2.19. The lowest BCUT2D eigenvalue weighted by atomic mass is 9.86. The molecule has 0 aliphatic heterocycles. The summed E-state index contributed by atoms with van der Waals surface area (Å²) >= 11 is 0. The molecule has 0 aromatic heterocycles. The van der Waals surface area contributed by atoms with Crippen LogP contribution >= 0.6 is 0 Å². The first-order chi connectivity index (χ1) is 6.72. The van der Waals surface area contributed by atoms with Crippen molar-refractivity contribution in [2.45, 2.75) is 32.1 Å². The van der Waals surface area contributed by atoms with Crippen molar-refractivity contribution in [2.75, 3.05) is 13.7 Å². The maximum Gasteiger partial charge on any atom is 0.507 e. The largest absolute Gasteiger partial charge is 0.507 e. The van der Waals surface area contributed by atoms with Crippen LogP contribution in [0.2, 0.25) is 0 Å². The molecule has 4 heteroatoms. The van der Waals surface area contributed by atoms with Crippen molar-refractivity contribution < 1.29 is 19.1 Å². The van der Waals surface area contributed by atoms with Gasteiger partial charge in [-0.15, -0.1) is 0 Å². The summed E-state index contributed by atoms with van der Waals surface area (Å²) < 4.78 is 9.09. The molecule has 1 saturated carbocycles. The van der Waals surface area contributed by atoms with Gasteiger partial charge in [0.05, 0.1) is 13.7 Å². The molecule has 0 saturated heterocycles. The van der Waals surface area contributed by atoms with Crippen molar-refractivity contribution >= 4 is 11.9 Å². The molecule has 80 valence electrons. The van der Waals surface area contributed by atoms with Gasteiger partial charge in [-0.25, -0.2) is 4.79 Å². The normalized spacial score (nSPS) is 21.8. The SMILES string of the molecule is COC(=O)OCCC1CCCC(=O)C1. The third-order valence-corrected chi connectivity index (χ3v) is 2.50. The Kier molecular flexibility index (Phi) is 4.43. The quantitative estimate of drug-likeness (QED) is 0.653. The van der Waals surface area contributed by atoms with E-state index < -0.39 is 6.16 Å². The second-order valence-electron chi connectivity index (χ2n) is 3.59. The van der Waals surface area contributed by atoms with Gasteiger partial charge in [-0.3, -0.25) is 4.79 Å². The Hall–Kier alpha value is -1.06. The summed E-state index contributed by atoms with van der Waals surface area (Å²) in [6.45, 7) is 0.352. The molecule has 1 rings (SSSR count). The van der Waals surface area contributed by atoms with E-state index >= 15 is 0 Å². The third kappa shape index (κ3) is 3.77. The zero-order valence-electron chi connectivity index (χ0n) is 8.45. The Morgan fingerprint density at radius 3 is 3.00 bits per heavy atom. The highest BCUT2D eigenvalue weighted by molar-refractivity contribution is 5.79. The topological polar surface area (TPSA) is 52.6 Å². The number of ketones is 1. The Bertz CT molecular complexity index is 212. The van der Waals surface area contributed by atoms with Crippen LogP contribution in [0.5, 0.6) is 0 Å². The summed E-state index contributed by atoms with van der Waals surface area (Å²) in [5, 5.41) is 0. The first-order valence-electron chi connectivity index (χ1n) is 4.95. The van der Waals surface area contributed by atoms with Crippen LogP contribution in [-0.2, 0) is 14.3 Å². The van der Waals surface area contributed by atoms with Crippen molar-refractivity contribution in [3.8, 4) is 0 Å². The summed E-state index contributed by atoms with van der Waals surface area (Å²) in [5.41, 5.74) is 0. The van der Waals surface area contributed by atoms with Gasteiger partial charge < -0.3 is 9.47 Å². The number of carbonyl (C=O) groups is 2. The first-order valence-corrected chi connectivity index (χ1v) is 4.95. The van der Waals surface area contributed by atoms with Crippen LogP contribution < -0.4 is 0 Å². The predicted octanol–water partition coefficient (Wildman–Crippen LogP) is 1.92. The molecule has 0 heterocycles. The lowest BCUT2D eigenvalue weighted by Crippen LogP contribution is -2.17. The minimum atomic E-state index is -0.646. The fourth-order valence-electron chi connectivity index (χ4n) is 1.73. The summed E-state index contributed by atoms with van der Waals surface area (Å²) in [7, 11) is 1.28. The van der Waals surface area contributed by atoms with Gasteiger partial charge in [0.25, 0.3) is 0 Å². The molecule has 1 atom stereocenters. The number of ether oxygens (including phenoxy) is 2. The van der Waals surface area contributed by atoms with Crippen LogP contribution in [0.25, 0.3) is 0 Å². The van der Waals surface area contributed by atoms with Gasteiger partial charge in [0.2, 0.25) is 0 Å². The van der Waals surface area contributed by atoms with E-state index in [4.69, 9.17) is 4.74 Å². The molecule has 0 radical (unpaired) electrons. The number of methoxy groups -OCH3 is 1. The van der Waals surface area contributed by atoms with Crippen molar-refractivity contribution in [3.05, 3.63) is 0 Å². The predicted molar refractivity (Wildman–Crippen MR) is 49.9 cm³/mol. The van der Waals surface area contributed by atoms with E-state index in [0.29, 0.717) is 31.1 Å². The summed E-state index contributed by atoms with van der Waals surface area (Å²) in [4.78, 5) is 21.7. The summed E-state index contributed by atoms with van der Waals surface area (Å²) in [5.74, 6) is 0.722. The second kappa shape index (κ2) is 5.62. The van der Waals surface area contributed by atoms with Crippen LogP contribution in [0.4, 0.5) is 4.79 Å². The summed E-state index contributed by atoms with van der Waals surface area (Å²) in [6.07, 6.45) is 3.52. The number of Topliss-reactive ketones (excluding diaryl/α,β-unsaturated/α-hetero) is 1. The van der Waals surface area contributed by atoms with E-state index in [2.05, 4.69) is 4.74 Å². The Morgan fingerprint density at radius 2 is 2.36 bits per heavy atom. The second-order valence-corrected chi connectivity index (χ2v) is 3.59. The van der Waals surface area contributed by atoms with E-state index in [0.717, 1.165) is 19.3 Å². The average Bonchev–Trinajstić information content (AvgIpc) is 2.17.